The molecular weight excluding hydrogens is 295 g/mol. The summed E-state index contributed by atoms with van der Waals surface area (Å²) in [6.07, 6.45) is 0.908. The fourth-order valence-corrected chi connectivity index (χ4v) is 3.02. The van der Waals surface area contributed by atoms with E-state index in [4.69, 9.17) is 0 Å². The molecule has 2 rings (SSSR count). The van der Waals surface area contributed by atoms with Crippen molar-refractivity contribution in [2.45, 2.75) is 20.3 Å². The maximum Gasteiger partial charge on any atom is 0.137 e. The summed E-state index contributed by atoms with van der Waals surface area (Å²) >= 11 is 3.38. The molecule has 0 saturated carbocycles. The van der Waals surface area contributed by atoms with Gasteiger partial charge in [0.25, 0.3) is 0 Å². The van der Waals surface area contributed by atoms with Crippen LogP contribution in [0.5, 0.6) is 0 Å². The number of nitrogens with zero attached hydrogens (tertiary/aromatic N) is 1. The standard InChI is InChI=1S/C14H20BrFN2/c1-10-9-13(16)14(15)12(11(10)2)3-6-18-7-4-17-5-8-18/h9,17H,3-8H2,1-2H3. The van der Waals surface area contributed by atoms with Crippen molar-refractivity contribution in [1.29, 1.82) is 0 Å². The first-order valence-corrected chi connectivity index (χ1v) is 7.26. The van der Waals surface area contributed by atoms with E-state index in [1.807, 2.05) is 6.92 Å². The van der Waals surface area contributed by atoms with Gasteiger partial charge in [0.05, 0.1) is 4.47 Å². The zero-order chi connectivity index (χ0) is 13.1. The summed E-state index contributed by atoms with van der Waals surface area (Å²) in [5.74, 6) is -0.145. The minimum atomic E-state index is -0.145. The van der Waals surface area contributed by atoms with E-state index in [0.717, 1.165) is 50.3 Å². The third kappa shape index (κ3) is 3.11. The molecule has 0 amide bonds. The predicted octanol–water partition coefficient (Wildman–Crippen LogP) is 2.65. The Morgan fingerprint density at radius 2 is 2.00 bits per heavy atom. The van der Waals surface area contributed by atoms with Gasteiger partial charge in [0.15, 0.2) is 0 Å². The van der Waals surface area contributed by atoms with Crippen molar-refractivity contribution in [2.75, 3.05) is 32.7 Å². The van der Waals surface area contributed by atoms with Crippen LogP contribution in [-0.2, 0) is 6.42 Å². The Kier molecular flexibility index (Phi) is 4.76. The molecule has 1 aliphatic rings. The van der Waals surface area contributed by atoms with Crippen molar-refractivity contribution in [3.8, 4) is 0 Å². The van der Waals surface area contributed by atoms with E-state index in [-0.39, 0.29) is 5.82 Å². The first-order valence-electron chi connectivity index (χ1n) is 6.46. The summed E-state index contributed by atoms with van der Waals surface area (Å²) in [5.41, 5.74) is 3.36. The average Bonchev–Trinajstić information content (AvgIpc) is 2.38. The van der Waals surface area contributed by atoms with Crippen LogP contribution in [-0.4, -0.2) is 37.6 Å². The highest BCUT2D eigenvalue weighted by atomic mass is 79.9. The monoisotopic (exact) mass is 314 g/mol. The number of halogens is 2. The molecule has 4 heteroatoms. The van der Waals surface area contributed by atoms with E-state index in [1.54, 1.807) is 6.07 Å². The lowest BCUT2D eigenvalue weighted by Crippen LogP contribution is -2.44. The maximum absolute atomic E-state index is 13.7. The zero-order valence-electron chi connectivity index (χ0n) is 11.0. The average molecular weight is 315 g/mol. The van der Waals surface area contributed by atoms with Crippen molar-refractivity contribution in [3.05, 3.63) is 33.0 Å². The molecule has 0 unspecified atom stereocenters. The Morgan fingerprint density at radius 1 is 1.33 bits per heavy atom. The number of aryl methyl sites for hydroxylation is 1. The van der Waals surface area contributed by atoms with Gasteiger partial charge in [-0.2, -0.15) is 0 Å². The van der Waals surface area contributed by atoms with E-state index in [1.165, 1.54) is 5.56 Å². The van der Waals surface area contributed by atoms with Gasteiger partial charge in [-0.05, 0) is 59.0 Å². The maximum atomic E-state index is 13.7. The van der Waals surface area contributed by atoms with Crippen LogP contribution in [0, 0.1) is 19.7 Å². The number of hydrogen-bond acceptors (Lipinski definition) is 2. The fraction of sp³-hybridized carbons (Fsp3) is 0.571. The Bertz CT molecular complexity index is 402. The van der Waals surface area contributed by atoms with Gasteiger partial charge in [0.2, 0.25) is 0 Å². The Balaban J connectivity index is 2.08. The van der Waals surface area contributed by atoms with Crippen LogP contribution in [0.1, 0.15) is 16.7 Å². The van der Waals surface area contributed by atoms with Crippen LogP contribution in [0.3, 0.4) is 0 Å². The molecule has 1 heterocycles. The van der Waals surface area contributed by atoms with Crippen LogP contribution >= 0.6 is 15.9 Å². The van der Waals surface area contributed by atoms with Gasteiger partial charge in [-0.15, -0.1) is 0 Å². The van der Waals surface area contributed by atoms with E-state index in [2.05, 4.69) is 33.1 Å². The molecule has 0 bridgehead atoms. The lowest BCUT2D eigenvalue weighted by atomic mass is 10.0. The second-order valence-electron chi connectivity index (χ2n) is 4.93. The SMILES string of the molecule is Cc1cc(F)c(Br)c(CCN2CCNCC2)c1C. The summed E-state index contributed by atoms with van der Waals surface area (Å²) in [4.78, 5) is 2.43. The molecule has 1 aliphatic heterocycles. The molecule has 0 spiro atoms. The van der Waals surface area contributed by atoms with Crippen molar-refractivity contribution in [3.63, 3.8) is 0 Å². The highest BCUT2D eigenvalue weighted by Crippen LogP contribution is 2.27. The number of benzene rings is 1. The van der Waals surface area contributed by atoms with Crippen molar-refractivity contribution >= 4 is 15.9 Å². The Hall–Kier alpha value is -0.450. The molecule has 18 heavy (non-hydrogen) atoms. The molecule has 1 fully saturated rings. The molecular formula is C14H20BrFN2. The van der Waals surface area contributed by atoms with E-state index in [0.29, 0.717) is 4.47 Å². The van der Waals surface area contributed by atoms with Gasteiger partial charge < -0.3 is 10.2 Å². The quantitative estimate of drug-likeness (QED) is 0.922. The van der Waals surface area contributed by atoms with Crippen molar-refractivity contribution < 1.29 is 4.39 Å². The third-order valence-corrected chi connectivity index (χ3v) is 4.61. The number of piperazine rings is 1. The van der Waals surface area contributed by atoms with Crippen molar-refractivity contribution in [1.82, 2.24) is 10.2 Å². The summed E-state index contributed by atoms with van der Waals surface area (Å²) in [7, 11) is 0. The van der Waals surface area contributed by atoms with Crippen molar-refractivity contribution in [2.24, 2.45) is 0 Å². The number of hydrogen-bond donors (Lipinski definition) is 1. The van der Waals surface area contributed by atoms with Gasteiger partial charge in [-0.25, -0.2) is 4.39 Å². The van der Waals surface area contributed by atoms with E-state index >= 15 is 0 Å². The smallest absolute Gasteiger partial charge is 0.137 e. The van der Waals surface area contributed by atoms with Crippen LogP contribution in [0.25, 0.3) is 0 Å². The zero-order valence-corrected chi connectivity index (χ0v) is 12.6. The largest absolute Gasteiger partial charge is 0.314 e. The molecule has 1 saturated heterocycles. The lowest BCUT2D eigenvalue weighted by molar-refractivity contribution is 0.243. The van der Waals surface area contributed by atoms with Crippen LogP contribution in [0.4, 0.5) is 4.39 Å². The van der Waals surface area contributed by atoms with Gasteiger partial charge in [0, 0.05) is 32.7 Å². The fourth-order valence-electron chi connectivity index (χ4n) is 2.41. The molecule has 0 aliphatic carbocycles. The Morgan fingerprint density at radius 3 is 2.67 bits per heavy atom. The first kappa shape index (κ1) is 14.0. The molecule has 1 aromatic carbocycles. The van der Waals surface area contributed by atoms with E-state index in [9.17, 15) is 4.39 Å². The lowest BCUT2D eigenvalue weighted by Gasteiger charge is -2.27. The summed E-state index contributed by atoms with van der Waals surface area (Å²) in [6, 6.07) is 1.60. The normalized spacial score (nSPS) is 17.1. The minimum absolute atomic E-state index is 0.145. The number of nitrogens with one attached hydrogen (secondary N) is 1. The highest BCUT2D eigenvalue weighted by Gasteiger charge is 2.14. The third-order valence-electron chi connectivity index (χ3n) is 3.75. The summed E-state index contributed by atoms with van der Waals surface area (Å²) < 4.78 is 14.4. The highest BCUT2D eigenvalue weighted by molar-refractivity contribution is 9.10. The van der Waals surface area contributed by atoms with Gasteiger partial charge in [-0.1, -0.05) is 0 Å². The molecule has 1 N–H and O–H groups in total. The first-order chi connectivity index (χ1) is 8.59. The molecule has 0 radical (unpaired) electrons. The van der Waals surface area contributed by atoms with Crippen LogP contribution < -0.4 is 5.32 Å². The molecule has 1 aromatic rings. The molecule has 2 nitrogen and oxygen atoms in total. The van der Waals surface area contributed by atoms with E-state index < -0.39 is 0 Å². The van der Waals surface area contributed by atoms with Crippen LogP contribution in [0.2, 0.25) is 0 Å². The number of rotatable bonds is 3. The summed E-state index contributed by atoms with van der Waals surface area (Å²) in [6.45, 7) is 9.34. The predicted molar refractivity (Wildman–Crippen MR) is 76.6 cm³/mol. The molecule has 0 aromatic heterocycles. The topological polar surface area (TPSA) is 15.3 Å². The Labute approximate surface area is 117 Å². The molecule has 100 valence electrons. The second kappa shape index (κ2) is 6.13. The van der Waals surface area contributed by atoms with Gasteiger partial charge in [0.1, 0.15) is 5.82 Å². The summed E-state index contributed by atoms with van der Waals surface area (Å²) in [5, 5.41) is 3.34. The second-order valence-corrected chi connectivity index (χ2v) is 5.73. The van der Waals surface area contributed by atoms with Crippen LogP contribution in [0.15, 0.2) is 10.5 Å². The van der Waals surface area contributed by atoms with Gasteiger partial charge >= 0.3 is 0 Å². The van der Waals surface area contributed by atoms with Gasteiger partial charge in [-0.3, -0.25) is 0 Å². The minimum Gasteiger partial charge on any atom is -0.314 e. The molecule has 0 atom stereocenters.